The lowest BCUT2D eigenvalue weighted by Crippen LogP contribution is -2.37. The van der Waals surface area contributed by atoms with E-state index in [1.165, 1.54) is 0 Å². The van der Waals surface area contributed by atoms with Crippen molar-refractivity contribution in [2.45, 2.75) is 37.9 Å². The quantitative estimate of drug-likeness (QED) is 0.845. The first-order chi connectivity index (χ1) is 11.4. The van der Waals surface area contributed by atoms with Crippen molar-refractivity contribution in [3.8, 4) is 0 Å². The molecule has 0 N–H and O–H groups in total. The monoisotopic (exact) mass is 331 g/mol. The van der Waals surface area contributed by atoms with Gasteiger partial charge < -0.3 is 9.80 Å². The van der Waals surface area contributed by atoms with E-state index in [9.17, 15) is 14.0 Å². The van der Waals surface area contributed by atoms with E-state index >= 15 is 0 Å². The van der Waals surface area contributed by atoms with E-state index in [0.717, 1.165) is 18.5 Å². The van der Waals surface area contributed by atoms with Gasteiger partial charge in [-0.15, -0.1) is 0 Å². The Kier molecular flexibility index (Phi) is 3.41. The van der Waals surface area contributed by atoms with E-state index in [-0.39, 0.29) is 23.1 Å². The summed E-state index contributed by atoms with van der Waals surface area (Å²) in [6.07, 6.45) is 4.04. The van der Waals surface area contributed by atoms with E-state index in [2.05, 4.69) is 4.98 Å². The van der Waals surface area contributed by atoms with Gasteiger partial charge in [0.25, 0.3) is 5.91 Å². The highest BCUT2D eigenvalue weighted by Crippen LogP contribution is 2.59. The molecule has 1 saturated heterocycles. The van der Waals surface area contributed by atoms with Crippen molar-refractivity contribution in [2.75, 3.05) is 20.1 Å². The zero-order chi connectivity index (χ0) is 16.9. The lowest BCUT2D eigenvalue weighted by molar-refractivity contribution is -0.138. The van der Waals surface area contributed by atoms with Crippen LogP contribution >= 0.6 is 0 Å². The van der Waals surface area contributed by atoms with Crippen molar-refractivity contribution in [1.29, 1.82) is 0 Å². The van der Waals surface area contributed by atoms with Crippen LogP contribution < -0.4 is 0 Å². The average molecular weight is 331 g/mol. The molecule has 1 aromatic heterocycles. The number of hydrogen-bond acceptors (Lipinski definition) is 3. The van der Waals surface area contributed by atoms with E-state index in [1.54, 1.807) is 23.0 Å². The maximum atomic E-state index is 14.0. The van der Waals surface area contributed by atoms with Crippen LogP contribution in [0.1, 0.15) is 31.4 Å². The van der Waals surface area contributed by atoms with Gasteiger partial charge in [-0.3, -0.25) is 14.6 Å². The largest absolute Gasteiger partial charge is 0.340 e. The molecule has 3 aliphatic rings. The van der Waals surface area contributed by atoms with Crippen molar-refractivity contribution in [2.24, 2.45) is 11.3 Å². The lowest BCUT2D eigenvalue weighted by Gasteiger charge is -2.20. The van der Waals surface area contributed by atoms with E-state index in [1.807, 2.05) is 18.2 Å². The van der Waals surface area contributed by atoms with Gasteiger partial charge in [0.1, 0.15) is 0 Å². The second-order valence-electron chi connectivity index (χ2n) is 7.58. The molecule has 24 heavy (non-hydrogen) atoms. The average Bonchev–Trinajstić information content (AvgIpc) is 3.44. The number of carbonyl (C=O) groups is 2. The van der Waals surface area contributed by atoms with Crippen molar-refractivity contribution in [1.82, 2.24) is 14.8 Å². The predicted octanol–water partition coefficient (Wildman–Crippen LogP) is 1.78. The van der Waals surface area contributed by atoms with Crippen molar-refractivity contribution >= 4 is 11.8 Å². The third-order valence-electron chi connectivity index (χ3n) is 5.73. The number of hydrogen-bond donors (Lipinski definition) is 0. The summed E-state index contributed by atoms with van der Waals surface area (Å²) >= 11 is 0. The van der Waals surface area contributed by atoms with Crippen LogP contribution in [0.2, 0.25) is 0 Å². The summed E-state index contributed by atoms with van der Waals surface area (Å²) in [5.74, 6) is -0.297. The number of amides is 2. The molecule has 0 radical (unpaired) electrons. The summed E-state index contributed by atoms with van der Waals surface area (Å²) in [5.41, 5.74) is -0.856. The molecule has 2 amide bonds. The van der Waals surface area contributed by atoms with Gasteiger partial charge in [0.2, 0.25) is 5.91 Å². The van der Waals surface area contributed by atoms with Crippen molar-refractivity contribution < 1.29 is 14.0 Å². The highest BCUT2D eigenvalue weighted by atomic mass is 19.1. The minimum Gasteiger partial charge on any atom is -0.340 e. The Balaban J connectivity index is 1.35. The van der Waals surface area contributed by atoms with Gasteiger partial charge in [-0.1, -0.05) is 6.07 Å². The minimum atomic E-state index is -1.60. The zero-order valence-corrected chi connectivity index (χ0v) is 13.9. The number of halogens is 1. The highest BCUT2D eigenvalue weighted by Gasteiger charge is 2.64. The molecular weight excluding hydrogens is 309 g/mol. The highest BCUT2D eigenvalue weighted by molar-refractivity contribution is 5.89. The van der Waals surface area contributed by atoms with Crippen LogP contribution in [0, 0.1) is 11.3 Å². The van der Waals surface area contributed by atoms with Crippen LogP contribution in [0.4, 0.5) is 4.39 Å². The molecule has 2 heterocycles. The standard InChI is InChI=1S/C18H22FN3O2/c1-21(11-13-4-2-3-8-20-13)15(23)14-10-17(14)7-9-22(12-17)16(24)18(19)5-6-18/h2-4,8,14H,5-7,9-12H2,1H3. The van der Waals surface area contributed by atoms with Gasteiger partial charge >= 0.3 is 0 Å². The molecule has 1 aromatic rings. The number of nitrogens with zero attached hydrogens (tertiary/aromatic N) is 3. The Morgan fingerprint density at radius 3 is 2.83 bits per heavy atom. The molecule has 4 rings (SSSR count). The van der Waals surface area contributed by atoms with E-state index < -0.39 is 5.67 Å². The van der Waals surface area contributed by atoms with Crippen LogP contribution in [0.3, 0.4) is 0 Å². The fraction of sp³-hybridized carbons (Fsp3) is 0.611. The number of carbonyl (C=O) groups excluding carboxylic acids is 2. The van der Waals surface area contributed by atoms with Gasteiger partial charge in [-0.2, -0.15) is 0 Å². The molecule has 2 aliphatic carbocycles. The Morgan fingerprint density at radius 1 is 1.38 bits per heavy atom. The predicted molar refractivity (Wildman–Crippen MR) is 85.5 cm³/mol. The second kappa shape index (κ2) is 5.26. The molecule has 6 heteroatoms. The zero-order valence-electron chi connectivity index (χ0n) is 13.9. The summed E-state index contributed by atoms with van der Waals surface area (Å²) in [6, 6.07) is 5.66. The summed E-state index contributed by atoms with van der Waals surface area (Å²) in [7, 11) is 1.79. The molecule has 5 nitrogen and oxygen atoms in total. The topological polar surface area (TPSA) is 53.5 Å². The second-order valence-corrected chi connectivity index (χ2v) is 7.58. The summed E-state index contributed by atoms with van der Waals surface area (Å²) in [5, 5.41) is 0. The smallest absolute Gasteiger partial charge is 0.260 e. The van der Waals surface area contributed by atoms with Crippen LogP contribution in [0.5, 0.6) is 0 Å². The number of likely N-dealkylation sites (tertiary alicyclic amines) is 1. The van der Waals surface area contributed by atoms with Crippen molar-refractivity contribution in [3.63, 3.8) is 0 Å². The first kappa shape index (κ1) is 15.5. The van der Waals surface area contributed by atoms with Gasteiger partial charge in [0.15, 0.2) is 5.67 Å². The lowest BCUT2D eigenvalue weighted by atomic mass is 10.0. The SMILES string of the molecule is CN(Cc1ccccn1)C(=O)C1CC12CCN(C(=O)C1(F)CC1)C2. The Labute approximate surface area is 140 Å². The van der Waals surface area contributed by atoms with Crippen LogP contribution in [-0.4, -0.2) is 52.4 Å². The molecule has 2 unspecified atom stereocenters. The summed E-state index contributed by atoms with van der Waals surface area (Å²) < 4.78 is 14.0. The van der Waals surface area contributed by atoms with Crippen molar-refractivity contribution in [3.05, 3.63) is 30.1 Å². The number of rotatable bonds is 4. The number of aromatic nitrogens is 1. The molecule has 0 bridgehead atoms. The Morgan fingerprint density at radius 2 is 2.17 bits per heavy atom. The molecule has 3 fully saturated rings. The van der Waals surface area contributed by atoms with Gasteiger partial charge in [-0.25, -0.2) is 4.39 Å². The normalized spacial score (nSPS) is 29.6. The van der Waals surface area contributed by atoms with E-state index in [0.29, 0.717) is 32.5 Å². The first-order valence-corrected chi connectivity index (χ1v) is 8.57. The third-order valence-corrected chi connectivity index (χ3v) is 5.73. The molecule has 1 spiro atoms. The van der Waals surface area contributed by atoms with E-state index in [4.69, 9.17) is 0 Å². The molecule has 1 aliphatic heterocycles. The maximum absolute atomic E-state index is 14.0. The molecule has 128 valence electrons. The number of pyridine rings is 1. The fourth-order valence-electron chi connectivity index (χ4n) is 3.90. The molecule has 2 atom stereocenters. The van der Waals surface area contributed by atoms with Crippen LogP contribution in [0.25, 0.3) is 0 Å². The molecule has 2 saturated carbocycles. The Hall–Kier alpha value is -1.98. The molecule has 0 aromatic carbocycles. The summed E-state index contributed by atoms with van der Waals surface area (Å²) in [4.78, 5) is 32.4. The summed E-state index contributed by atoms with van der Waals surface area (Å²) in [6.45, 7) is 1.60. The van der Waals surface area contributed by atoms with Crippen LogP contribution in [-0.2, 0) is 16.1 Å². The third kappa shape index (κ3) is 2.58. The number of alkyl halides is 1. The Bertz CT molecular complexity index is 676. The molecular formula is C18H22FN3O2. The fourth-order valence-corrected chi connectivity index (χ4v) is 3.90. The van der Waals surface area contributed by atoms with Gasteiger partial charge in [0, 0.05) is 37.7 Å². The minimum absolute atomic E-state index is 0.0428. The van der Waals surface area contributed by atoms with Gasteiger partial charge in [0.05, 0.1) is 12.2 Å². The first-order valence-electron chi connectivity index (χ1n) is 8.57. The maximum Gasteiger partial charge on any atom is 0.260 e. The van der Waals surface area contributed by atoms with Gasteiger partial charge in [-0.05, 0) is 37.8 Å². The van der Waals surface area contributed by atoms with Crippen LogP contribution in [0.15, 0.2) is 24.4 Å².